The fraction of sp³-hybridized carbons (Fsp3) is 0.667. The smallest absolute Gasteiger partial charge is 0.0317 e. The van der Waals surface area contributed by atoms with Gasteiger partial charge in [0.2, 0.25) is 0 Å². The van der Waals surface area contributed by atoms with Gasteiger partial charge in [-0.25, -0.2) is 4.31 Å². The van der Waals surface area contributed by atoms with E-state index in [0.717, 1.165) is 6.54 Å². The molecular weight excluding hydrogens is 254 g/mol. The maximum atomic E-state index is 4.35. The Bertz CT molecular complexity index is 414. The molecule has 0 radical (unpaired) electrons. The minimum Gasteiger partial charge on any atom is -0.306 e. The van der Waals surface area contributed by atoms with Crippen LogP contribution in [0.2, 0.25) is 0 Å². The number of fused-ring (bicyclic) bond motifs is 2. The Labute approximate surface area is 121 Å². The molecular formula is C15H25N3S. The van der Waals surface area contributed by atoms with Crippen molar-refractivity contribution in [3.63, 3.8) is 0 Å². The van der Waals surface area contributed by atoms with Gasteiger partial charge in [-0.3, -0.25) is 4.98 Å². The summed E-state index contributed by atoms with van der Waals surface area (Å²) in [5, 5.41) is 0. The quantitative estimate of drug-likeness (QED) is 0.680. The van der Waals surface area contributed by atoms with Crippen molar-refractivity contribution in [3.8, 4) is 0 Å². The molecule has 0 unspecified atom stereocenters. The molecule has 106 valence electrons. The lowest BCUT2D eigenvalue weighted by molar-refractivity contribution is 0.165. The van der Waals surface area contributed by atoms with E-state index in [1.54, 1.807) is 0 Å². The first kappa shape index (κ1) is 14.8. The number of hydrogen-bond acceptors (Lipinski definition) is 4. The zero-order valence-electron chi connectivity index (χ0n) is 12.5. The van der Waals surface area contributed by atoms with Crippen LogP contribution in [0, 0.1) is 0 Å². The average molecular weight is 279 g/mol. The molecule has 0 saturated carbocycles. The van der Waals surface area contributed by atoms with Crippen molar-refractivity contribution < 1.29 is 0 Å². The normalized spacial score (nSPS) is 22.5. The van der Waals surface area contributed by atoms with Gasteiger partial charge in [-0.15, -0.1) is 0 Å². The SMILES string of the molecule is CC.CN1CCC2(CC1)CN(C)Sc1ccncc12. The average Bonchev–Trinajstić information content (AvgIpc) is 2.44. The van der Waals surface area contributed by atoms with E-state index in [4.69, 9.17) is 0 Å². The van der Waals surface area contributed by atoms with Crippen molar-refractivity contribution in [2.75, 3.05) is 33.7 Å². The lowest BCUT2D eigenvalue weighted by Crippen LogP contribution is -2.48. The van der Waals surface area contributed by atoms with Crippen LogP contribution in [0.25, 0.3) is 0 Å². The number of rotatable bonds is 0. The summed E-state index contributed by atoms with van der Waals surface area (Å²) < 4.78 is 2.38. The Morgan fingerprint density at radius 2 is 1.89 bits per heavy atom. The van der Waals surface area contributed by atoms with Crippen molar-refractivity contribution in [1.29, 1.82) is 0 Å². The fourth-order valence-corrected chi connectivity index (χ4v) is 4.18. The molecule has 2 aliphatic heterocycles. The molecule has 0 bridgehead atoms. The van der Waals surface area contributed by atoms with Gasteiger partial charge in [-0.05, 0) is 63.6 Å². The Kier molecular flexibility index (Phi) is 4.87. The molecule has 0 amide bonds. The van der Waals surface area contributed by atoms with Crippen molar-refractivity contribution in [1.82, 2.24) is 14.2 Å². The van der Waals surface area contributed by atoms with Gasteiger partial charge in [0, 0.05) is 29.2 Å². The Morgan fingerprint density at radius 1 is 1.21 bits per heavy atom. The molecule has 1 aromatic rings. The zero-order valence-corrected chi connectivity index (χ0v) is 13.3. The summed E-state index contributed by atoms with van der Waals surface area (Å²) in [7, 11) is 4.42. The highest BCUT2D eigenvalue weighted by Crippen LogP contribution is 2.45. The molecule has 0 aliphatic carbocycles. The van der Waals surface area contributed by atoms with Crippen LogP contribution in [0.15, 0.2) is 23.4 Å². The van der Waals surface area contributed by atoms with E-state index >= 15 is 0 Å². The molecule has 1 fully saturated rings. The van der Waals surface area contributed by atoms with Crippen molar-refractivity contribution in [2.24, 2.45) is 0 Å². The first-order valence-corrected chi connectivity index (χ1v) is 7.99. The lowest BCUT2D eigenvalue weighted by Gasteiger charge is -2.46. The molecule has 2 aliphatic rings. The van der Waals surface area contributed by atoms with Crippen molar-refractivity contribution in [2.45, 2.75) is 37.0 Å². The van der Waals surface area contributed by atoms with Gasteiger partial charge in [0.15, 0.2) is 0 Å². The van der Waals surface area contributed by atoms with Crippen LogP contribution in [0.4, 0.5) is 0 Å². The predicted molar refractivity (Wildman–Crippen MR) is 82.5 cm³/mol. The molecule has 3 heterocycles. The molecule has 3 rings (SSSR count). The maximum Gasteiger partial charge on any atom is 0.0317 e. The fourth-order valence-electron chi connectivity index (χ4n) is 3.05. The molecule has 1 aromatic heterocycles. The standard InChI is InChI=1S/C13H19N3S.C2H6/c1-15-7-4-13(5-8-15)10-16(2)17-12-3-6-14-9-11(12)13;1-2/h3,6,9H,4-5,7-8,10H2,1-2H3;1-2H3. The Hall–Kier alpha value is -0.580. The number of aromatic nitrogens is 1. The summed E-state index contributed by atoms with van der Waals surface area (Å²) in [6.45, 7) is 7.56. The summed E-state index contributed by atoms with van der Waals surface area (Å²) in [6.07, 6.45) is 6.52. The summed E-state index contributed by atoms with van der Waals surface area (Å²) in [6, 6.07) is 2.16. The molecule has 1 saturated heterocycles. The first-order chi connectivity index (χ1) is 9.20. The van der Waals surface area contributed by atoms with Gasteiger partial charge in [-0.2, -0.15) is 0 Å². The third kappa shape index (κ3) is 2.96. The number of hydrogen-bond donors (Lipinski definition) is 0. The van der Waals surface area contributed by atoms with Gasteiger partial charge in [0.1, 0.15) is 0 Å². The molecule has 1 spiro atoms. The number of nitrogens with zero attached hydrogens (tertiary/aromatic N) is 3. The molecule has 19 heavy (non-hydrogen) atoms. The lowest BCUT2D eigenvalue weighted by atomic mass is 9.73. The second kappa shape index (κ2) is 6.25. The third-order valence-corrected chi connectivity index (χ3v) is 5.07. The van der Waals surface area contributed by atoms with Crippen LogP contribution >= 0.6 is 11.9 Å². The van der Waals surface area contributed by atoms with E-state index in [9.17, 15) is 0 Å². The van der Waals surface area contributed by atoms with Gasteiger partial charge in [0.05, 0.1) is 0 Å². The van der Waals surface area contributed by atoms with Crippen molar-refractivity contribution in [3.05, 3.63) is 24.0 Å². The summed E-state index contributed by atoms with van der Waals surface area (Å²) in [5.74, 6) is 0. The second-order valence-corrected chi connectivity index (χ2v) is 6.58. The number of likely N-dealkylation sites (tertiary alicyclic amines) is 1. The summed E-state index contributed by atoms with van der Waals surface area (Å²) in [4.78, 5) is 8.18. The van der Waals surface area contributed by atoms with Crippen molar-refractivity contribution >= 4 is 11.9 Å². The topological polar surface area (TPSA) is 19.4 Å². The van der Waals surface area contributed by atoms with Crippen LogP contribution in [0.5, 0.6) is 0 Å². The predicted octanol–water partition coefficient (Wildman–Crippen LogP) is 3.02. The second-order valence-electron chi connectivity index (χ2n) is 5.33. The minimum absolute atomic E-state index is 0.343. The Morgan fingerprint density at radius 3 is 2.58 bits per heavy atom. The number of pyridine rings is 1. The van der Waals surface area contributed by atoms with Crippen LogP contribution in [-0.4, -0.2) is 47.9 Å². The first-order valence-electron chi connectivity index (χ1n) is 7.22. The number of piperidine rings is 1. The molecule has 4 heteroatoms. The number of likely N-dealkylation sites (N-methyl/N-ethyl adjacent to an activating group) is 1. The highest BCUT2D eigenvalue weighted by Gasteiger charge is 2.41. The van der Waals surface area contributed by atoms with E-state index in [2.05, 4.69) is 40.5 Å². The maximum absolute atomic E-state index is 4.35. The van der Waals surface area contributed by atoms with Gasteiger partial charge >= 0.3 is 0 Å². The molecule has 3 nitrogen and oxygen atoms in total. The van der Waals surface area contributed by atoms with Gasteiger partial charge in [0.25, 0.3) is 0 Å². The molecule has 0 aromatic carbocycles. The van der Waals surface area contributed by atoms with E-state index in [1.807, 2.05) is 32.0 Å². The van der Waals surface area contributed by atoms with E-state index in [0.29, 0.717) is 5.41 Å². The highest BCUT2D eigenvalue weighted by atomic mass is 32.2. The van der Waals surface area contributed by atoms with Gasteiger partial charge < -0.3 is 4.90 Å². The van der Waals surface area contributed by atoms with Crippen LogP contribution in [0.3, 0.4) is 0 Å². The van der Waals surface area contributed by atoms with Crippen LogP contribution in [0.1, 0.15) is 32.3 Å². The third-order valence-electron chi connectivity index (χ3n) is 4.08. The minimum atomic E-state index is 0.343. The largest absolute Gasteiger partial charge is 0.306 e. The zero-order chi connectivity index (χ0) is 13.9. The highest BCUT2D eigenvalue weighted by molar-refractivity contribution is 7.97. The monoisotopic (exact) mass is 279 g/mol. The van der Waals surface area contributed by atoms with Gasteiger partial charge in [-0.1, -0.05) is 13.8 Å². The molecule has 0 atom stereocenters. The summed E-state index contributed by atoms with van der Waals surface area (Å²) in [5.41, 5.74) is 1.83. The summed E-state index contributed by atoms with van der Waals surface area (Å²) >= 11 is 1.86. The molecule has 0 N–H and O–H groups in total. The van der Waals surface area contributed by atoms with E-state index in [-0.39, 0.29) is 0 Å². The Balaban J connectivity index is 0.000000637. The van der Waals surface area contributed by atoms with Crippen LogP contribution in [-0.2, 0) is 5.41 Å². The van der Waals surface area contributed by atoms with E-state index in [1.165, 1.54) is 36.4 Å². The van der Waals surface area contributed by atoms with Crippen LogP contribution < -0.4 is 0 Å². The van der Waals surface area contributed by atoms with E-state index < -0.39 is 0 Å².